The zero-order chi connectivity index (χ0) is 17.4. The van der Waals surface area contributed by atoms with Gasteiger partial charge in [-0.05, 0) is 44.9 Å². The molecule has 3 aromatic rings. The first-order valence-electron chi connectivity index (χ1n) is 8.78. The number of furan rings is 1. The van der Waals surface area contributed by atoms with E-state index >= 15 is 0 Å². The topological polar surface area (TPSA) is 73.3 Å². The molecule has 2 heterocycles. The number of benzene rings is 1. The number of rotatable bonds is 6. The smallest absolute Gasteiger partial charge is 0.230 e. The zero-order valence-corrected chi connectivity index (χ0v) is 14.8. The van der Waals surface area contributed by atoms with Gasteiger partial charge in [0.15, 0.2) is 0 Å². The molecule has 1 aliphatic carbocycles. The highest BCUT2D eigenvalue weighted by atomic mass is 16.5. The largest absolute Gasteiger partial charge is 0.497 e. The third kappa shape index (κ3) is 3.02. The highest BCUT2D eigenvalue weighted by Crippen LogP contribution is 2.35. The van der Waals surface area contributed by atoms with Crippen molar-refractivity contribution >= 4 is 11.0 Å². The van der Waals surface area contributed by atoms with Crippen molar-refractivity contribution in [2.24, 2.45) is 0 Å². The molecule has 1 saturated carbocycles. The van der Waals surface area contributed by atoms with Gasteiger partial charge in [-0.1, -0.05) is 6.42 Å². The van der Waals surface area contributed by atoms with E-state index < -0.39 is 0 Å². The van der Waals surface area contributed by atoms with Gasteiger partial charge in [-0.25, -0.2) is 0 Å². The van der Waals surface area contributed by atoms with E-state index in [4.69, 9.17) is 13.6 Å². The summed E-state index contributed by atoms with van der Waals surface area (Å²) in [5, 5.41) is 12.8. The van der Waals surface area contributed by atoms with Gasteiger partial charge in [0.2, 0.25) is 11.8 Å². The summed E-state index contributed by atoms with van der Waals surface area (Å²) in [4.78, 5) is 0. The number of fused-ring (bicyclic) bond motifs is 1. The van der Waals surface area contributed by atoms with E-state index in [1.807, 2.05) is 18.2 Å². The minimum absolute atomic E-state index is 0.0393. The second kappa shape index (κ2) is 6.52. The predicted octanol–water partition coefficient (Wildman–Crippen LogP) is 4.25. The molecule has 2 aromatic heterocycles. The molecule has 0 bridgehead atoms. The molecule has 1 aromatic carbocycles. The van der Waals surface area contributed by atoms with E-state index in [9.17, 15) is 0 Å². The Labute approximate surface area is 146 Å². The molecule has 1 N–H and O–H groups in total. The van der Waals surface area contributed by atoms with E-state index in [0.717, 1.165) is 46.8 Å². The Morgan fingerprint density at radius 1 is 1.28 bits per heavy atom. The Bertz CT molecular complexity index is 879. The normalized spacial score (nSPS) is 16.1. The molecule has 132 valence electrons. The summed E-state index contributed by atoms with van der Waals surface area (Å²) in [5.41, 5.74) is 1.99. The molecule has 4 rings (SSSR count). The fraction of sp³-hybridized carbons (Fsp3) is 0.474. The highest BCUT2D eigenvalue weighted by Gasteiger charge is 2.25. The number of nitrogens with one attached hydrogen (secondary N) is 1. The average Bonchev–Trinajstić information content (AvgIpc) is 3.16. The van der Waals surface area contributed by atoms with Gasteiger partial charge in [0.25, 0.3) is 0 Å². The number of nitrogens with zero attached hydrogens (tertiary/aromatic N) is 2. The van der Waals surface area contributed by atoms with Crippen LogP contribution >= 0.6 is 0 Å². The average molecular weight is 341 g/mol. The molecular formula is C19H23N3O3. The van der Waals surface area contributed by atoms with Gasteiger partial charge in [0.05, 0.1) is 19.7 Å². The quantitative estimate of drug-likeness (QED) is 0.722. The Balaban J connectivity index is 1.47. The van der Waals surface area contributed by atoms with Crippen molar-refractivity contribution in [2.45, 2.75) is 51.6 Å². The fourth-order valence-electron chi connectivity index (χ4n) is 3.25. The van der Waals surface area contributed by atoms with Gasteiger partial charge < -0.3 is 13.6 Å². The zero-order valence-electron chi connectivity index (χ0n) is 14.8. The van der Waals surface area contributed by atoms with Crippen molar-refractivity contribution in [3.05, 3.63) is 41.3 Å². The summed E-state index contributed by atoms with van der Waals surface area (Å²) >= 11 is 0. The number of hydrogen-bond donors (Lipinski definition) is 1. The van der Waals surface area contributed by atoms with Gasteiger partial charge >= 0.3 is 0 Å². The van der Waals surface area contributed by atoms with Crippen molar-refractivity contribution in [3.63, 3.8) is 0 Å². The van der Waals surface area contributed by atoms with Crippen LogP contribution in [0.3, 0.4) is 0 Å². The van der Waals surface area contributed by atoms with Gasteiger partial charge in [-0.15, -0.1) is 10.2 Å². The van der Waals surface area contributed by atoms with Gasteiger partial charge in [0.1, 0.15) is 17.1 Å². The van der Waals surface area contributed by atoms with Crippen LogP contribution in [0.5, 0.6) is 5.75 Å². The Kier molecular flexibility index (Phi) is 4.21. The van der Waals surface area contributed by atoms with Crippen molar-refractivity contribution in [1.82, 2.24) is 15.5 Å². The van der Waals surface area contributed by atoms with E-state index in [1.165, 1.54) is 6.42 Å². The fourth-order valence-corrected chi connectivity index (χ4v) is 3.25. The van der Waals surface area contributed by atoms with E-state index in [2.05, 4.69) is 29.4 Å². The first-order chi connectivity index (χ1) is 12.2. The van der Waals surface area contributed by atoms with E-state index in [-0.39, 0.29) is 6.04 Å². The minimum Gasteiger partial charge on any atom is -0.497 e. The molecule has 0 radical (unpaired) electrons. The van der Waals surface area contributed by atoms with Gasteiger partial charge in [0, 0.05) is 16.9 Å². The standard InChI is InChI=1S/C19H23N3O3/c1-11-15-9-14(23-3)7-8-16(15)24-18(11)12(2)20-10-17-21-22-19(25-17)13-5-4-6-13/h7-9,12-13,20H,4-6,10H2,1-3H3/t12-/m0/s1. The molecule has 25 heavy (non-hydrogen) atoms. The van der Waals surface area contributed by atoms with Crippen LogP contribution in [0.25, 0.3) is 11.0 Å². The first kappa shape index (κ1) is 16.1. The number of aromatic nitrogens is 2. The molecule has 0 amide bonds. The van der Waals surface area contributed by atoms with Crippen molar-refractivity contribution < 1.29 is 13.6 Å². The van der Waals surface area contributed by atoms with Crippen LogP contribution in [0.2, 0.25) is 0 Å². The van der Waals surface area contributed by atoms with E-state index in [0.29, 0.717) is 18.4 Å². The number of ether oxygens (including phenoxy) is 1. The molecule has 1 aliphatic rings. The first-order valence-corrected chi connectivity index (χ1v) is 8.78. The molecule has 6 heteroatoms. The lowest BCUT2D eigenvalue weighted by Crippen LogP contribution is -2.18. The maximum atomic E-state index is 6.03. The lowest BCUT2D eigenvalue weighted by Gasteiger charge is -2.20. The van der Waals surface area contributed by atoms with Gasteiger partial charge in [-0.3, -0.25) is 5.32 Å². The SMILES string of the molecule is COc1ccc2oc([C@H](C)NCc3nnc(C4CCC4)o3)c(C)c2c1. The van der Waals surface area contributed by atoms with Crippen molar-refractivity contribution in [3.8, 4) is 5.75 Å². The summed E-state index contributed by atoms with van der Waals surface area (Å²) in [6.45, 7) is 4.67. The highest BCUT2D eigenvalue weighted by molar-refractivity contribution is 5.83. The molecule has 1 atom stereocenters. The number of hydrogen-bond acceptors (Lipinski definition) is 6. The number of aryl methyl sites for hydroxylation is 1. The van der Waals surface area contributed by atoms with Crippen LogP contribution in [-0.4, -0.2) is 17.3 Å². The monoisotopic (exact) mass is 341 g/mol. The second-order valence-electron chi connectivity index (χ2n) is 6.72. The van der Waals surface area contributed by atoms with Crippen molar-refractivity contribution in [2.75, 3.05) is 7.11 Å². The maximum absolute atomic E-state index is 6.03. The van der Waals surface area contributed by atoms with Crippen LogP contribution in [-0.2, 0) is 6.54 Å². The molecule has 0 saturated heterocycles. The molecule has 0 unspecified atom stereocenters. The van der Waals surface area contributed by atoms with Gasteiger partial charge in [-0.2, -0.15) is 0 Å². The van der Waals surface area contributed by atoms with Crippen LogP contribution in [0, 0.1) is 6.92 Å². The third-order valence-corrected chi connectivity index (χ3v) is 5.07. The summed E-state index contributed by atoms with van der Waals surface area (Å²) in [6, 6.07) is 5.90. The molecule has 1 fully saturated rings. The lowest BCUT2D eigenvalue weighted by atomic mass is 9.85. The summed E-state index contributed by atoms with van der Waals surface area (Å²) in [7, 11) is 1.67. The number of methoxy groups -OCH3 is 1. The molecule has 0 spiro atoms. The van der Waals surface area contributed by atoms with Crippen LogP contribution in [0.15, 0.2) is 27.0 Å². The molecule has 0 aliphatic heterocycles. The molecular weight excluding hydrogens is 318 g/mol. The lowest BCUT2D eigenvalue weighted by molar-refractivity contribution is 0.318. The van der Waals surface area contributed by atoms with Crippen LogP contribution in [0.4, 0.5) is 0 Å². The van der Waals surface area contributed by atoms with E-state index in [1.54, 1.807) is 7.11 Å². The maximum Gasteiger partial charge on any atom is 0.230 e. The Morgan fingerprint density at radius 3 is 2.84 bits per heavy atom. The summed E-state index contributed by atoms with van der Waals surface area (Å²) < 4.78 is 17.1. The van der Waals surface area contributed by atoms with Crippen LogP contribution < -0.4 is 10.1 Å². The summed E-state index contributed by atoms with van der Waals surface area (Å²) in [5.74, 6) is 3.62. The predicted molar refractivity (Wildman–Crippen MR) is 93.6 cm³/mol. The Morgan fingerprint density at radius 2 is 2.12 bits per heavy atom. The second-order valence-corrected chi connectivity index (χ2v) is 6.72. The summed E-state index contributed by atoms with van der Waals surface area (Å²) in [6.07, 6.45) is 3.58. The minimum atomic E-state index is 0.0393. The Hall–Kier alpha value is -2.34. The third-order valence-electron chi connectivity index (χ3n) is 5.07. The van der Waals surface area contributed by atoms with Crippen LogP contribution in [0.1, 0.15) is 61.3 Å². The van der Waals surface area contributed by atoms with Crippen molar-refractivity contribution in [1.29, 1.82) is 0 Å². The molecule has 6 nitrogen and oxygen atoms in total.